The molecule has 0 aliphatic heterocycles. The van der Waals surface area contributed by atoms with Crippen LogP contribution in [0, 0.1) is 20.8 Å². The molecule has 1 amide bonds. The molecule has 0 saturated heterocycles. The summed E-state index contributed by atoms with van der Waals surface area (Å²) in [5.74, 6) is -0.191. The number of nitrogens with one attached hydrogen (secondary N) is 1. The first-order valence-corrected chi connectivity index (χ1v) is 6.99. The number of anilines is 2. The number of aryl methyl sites for hydroxylation is 2. The third-order valence-corrected chi connectivity index (χ3v) is 3.59. The summed E-state index contributed by atoms with van der Waals surface area (Å²) in [5.41, 5.74) is 10.2. The zero-order valence-corrected chi connectivity index (χ0v) is 13.2. The number of hydrogen-bond donors (Lipinski definition) is 2. The third kappa shape index (κ3) is 2.99. The summed E-state index contributed by atoms with van der Waals surface area (Å²) in [6.07, 6.45) is 0. The Hall–Kier alpha value is -1.88. The van der Waals surface area contributed by atoms with E-state index < -0.39 is 0 Å². The summed E-state index contributed by atoms with van der Waals surface area (Å²) in [7, 11) is 0. The van der Waals surface area contributed by atoms with Gasteiger partial charge in [0, 0.05) is 21.4 Å². The van der Waals surface area contributed by atoms with Gasteiger partial charge in [0.25, 0.3) is 5.91 Å². The van der Waals surface area contributed by atoms with Gasteiger partial charge in [-0.25, -0.2) is 0 Å². The highest BCUT2D eigenvalue weighted by Crippen LogP contribution is 2.24. The van der Waals surface area contributed by atoms with Gasteiger partial charge in [-0.15, -0.1) is 0 Å². The molecule has 0 aliphatic rings. The van der Waals surface area contributed by atoms with Crippen LogP contribution in [0.3, 0.4) is 0 Å². The molecule has 0 unspecified atom stereocenters. The number of nitrogen functional groups attached to an aromatic ring is 1. The Kier molecular flexibility index (Phi) is 4.09. The topological polar surface area (TPSA) is 68.0 Å². The average Bonchev–Trinajstić information content (AvgIpc) is 2.37. The van der Waals surface area contributed by atoms with Crippen molar-refractivity contribution in [3.8, 4) is 0 Å². The number of nitrogens with zero attached hydrogens (tertiary/aromatic N) is 1. The summed E-state index contributed by atoms with van der Waals surface area (Å²) < 4.78 is 0.782. The van der Waals surface area contributed by atoms with Crippen LogP contribution in [0.2, 0.25) is 0 Å². The van der Waals surface area contributed by atoms with Crippen molar-refractivity contribution in [2.24, 2.45) is 0 Å². The molecule has 3 N–H and O–H groups in total. The van der Waals surface area contributed by atoms with Crippen LogP contribution in [0.15, 0.2) is 28.7 Å². The van der Waals surface area contributed by atoms with E-state index in [0.717, 1.165) is 21.4 Å². The fourth-order valence-electron chi connectivity index (χ4n) is 1.94. The molecule has 0 atom stereocenters. The molecule has 0 fully saturated rings. The molecular formula is C15H16BrN3O. The minimum atomic E-state index is -0.191. The van der Waals surface area contributed by atoms with E-state index >= 15 is 0 Å². The highest BCUT2D eigenvalue weighted by atomic mass is 79.9. The van der Waals surface area contributed by atoms with E-state index in [4.69, 9.17) is 5.73 Å². The molecule has 104 valence electrons. The van der Waals surface area contributed by atoms with Gasteiger partial charge in [-0.2, -0.15) is 0 Å². The summed E-state index contributed by atoms with van der Waals surface area (Å²) in [6.45, 7) is 5.61. The predicted octanol–water partition coefficient (Wildman–Crippen LogP) is 3.60. The van der Waals surface area contributed by atoms with Crippen LogP contribution in [-0.4, -0.2) is 10.9 Å². The fourth-order valence-corrected chi connectivity index (χ4v) is 2.42. The number of hydrogen-bond acceptors (Lipinski definition) is 3. The lowest BCUT2D eigenvalue weighted by Crippen LogP contribution is -2.15. The number of aromatic nitrogens is 1. The van der Waals surface area contributed by atoms with Crippen molar-refractivity contribution in [3.05, 3.63) is 51.3 Å². The van der Waals surface area contributed by atoms with Gasteiger partial charge in [-0.05, 0) is 50.6 Å². The quantitative estimate of drug-likeness (QED) is 0.825. The number of carbonyl (C=O) groups is 1. The van der Waals surface area contributed by atoms with Crippen molar-refractivity contribution in [2.75, 3.05) is 11.1 Å². The summed E-state index contributed by atoms with van der Waals surface area (Å²) in [5, 5.41) is 2.87. The predicted molar refractivity (Wildman–Crippen MR) is 85.0 cm³/mol. The van der Waals surface area contributed by atoms with Crippen LogP contribution < -0.4 is 11.1 Å². The van der Waals surface area contributed by atoms with Crippen molar-refractivity contribution in [1.82, 2.24) is 4.98 Å². The molecule has 2 rings (SSSR count). The van der Waals surface area contributed by atoms with Crippen molar-refractivity contribution in [2.45, 2.75) is 20.8 Å². The van der Waals surface area contributed by atoms with Gasteiger partial charge >= 0.3 is 0 Å². The van der Waals surface area contributed by atoms with Gasteiger partial charge in [-0.3, -0.25) is 9.78 Å². The lowest BCUT2D eigenvalue weighted by molar-refractivity contribution is 0.102. The average molecular weight is 334 g/mol. The number of nitrogens with two attached hydrogens (primary N) is 1. The summed E-state index contributed by atoms with van der Waals surface area (Å²) in [6, 6.07) is 7.26. The Morgan fingerprint density at radius 3 is 2.60 bits per heavy atom. The second kappa shape index (κ2) is 5.63. The Morgan fingerprint density at radius 2 is 1.95 bits per heavy atom. The smallest absolute Gasteiger partial charge is 0.256 e. The number of carbonyl (C=O) groups excluding carboxylic acids is 1. The van der Waals surface area contributed by atoms with Gasteiger partial charge in [-0.1, -0.05) is 15.9 Å². The molecule has 4 nitrogen and oxygen atoms in total. The second-order valence-corrected chi connectivity index (χ2v) is 5.62. The normalized spacial score (nSPS) is 10.4. The molecular weight excluding hydrogens is 318 g/mol. The van der Waals surface area contributed by atoms with Crippen molar-refractivity contribution >= 4 is 33.2 Å². The van der Waals surface area contributed by atoms with Crippen LogP contribution in [0.5, 0.6) is 0 Å². The Morgan fingerprint density at radius 1 is 1.25 bits per heavy atom. The van der Waals surface area contributed by atoms with Crippen LogP contribution in [0.1, 0.15) is 27.3 Å². The number of pyridine rings is 1. The van der Waals surface area contributed by atoms with Crippen LogP contribution >= 0.6 is 15.9 Å². The van der Waals surface area contributed by atoms with Gasteiger partial charge < -0.3 is 11.1 Å². The molecule has 0 radical (unpaired) electrons. The molecule has 1 heterocycles. The number of benzene rings is 1. The van der Waals surface area contributed by atoms with Crippen molar-refractivity contribution in [3.63, 3.8) is 0 Å². The van der Waals surface area contributed by atoms with Gasteiger partial charge in [0.1, 0.15) is 0 Å². The van der Waals surface area contributed by atoms with Crippen molar-refractivity contribution < 1.29 is 4.79 Å². The van der Waals surface area contributed by atoms with E-state index in [0.29, 0.717) is 16.9 Å². The molecule has 0 spiro atoms. The molecule has 1 aromatic heterocycles. The summed E-state index contributed by atoms with van der Waals surface area (Å²) in [4.78, 5) is 16.7. The first-order chi connectivity index (χ1) is 9.38. The van der Waals surface area contributed by atoms with Gasteiger partial charge in [0.05, 0.1) is 11.4 Å². The van der Waals surface area contributed by atoms with E-state index in [9.17, 15) is 4.79 Å². The largest absolute Gasteiger partial charge is 0.398 e. The Bertz CT molecular complexity index is 683. The van der Waals surface area contributed by atoms with Crippen LogP contribution in [0.4, 0.5) is 11.4 Å². The molecule has 1 aromatic carbocycles. The molecule has 5 heteroatoms. The molecule has 0 saturated carbocycles. The van der Waals surface area contributed by atoms with E-state index in [1.807, 2.05) is 32.9 Å². The summed E-state index contributed by atoms with van der Waals surface area (Å²) >= 11 is 3.35. The Balaban J connectivity index is 2.33. The van der Waals surface area contributed by atoms with Crippen LogP contribution in [0.25, 0.3) is 0 Å². The molecule has 20 heavy (non-hydrogen) atoms. The number of halogens is 1. The Labute approximate surface area is 126 Å². The monoisotopic (exact) mass is 333 g/mol. The number of amides is 1. The van der Waals surface area contributed by atoms with Gasteiger partial charge in [0.15, 0.2) is 0 Å². The maximum absolute atomic E-state index is 12.4. The highest BCUT2D eigenvalue weighted by molar-refractivity contribution is 9.10. The second-order valence-electron chi connectivity index (χ2n) is 4.71. The van der Waals surface area contributed by atoms with E-state index in [1.165, 1.54) is 0 Å². The first kappa shape index (κ1) is 14.5. The standard InChI is InChI=1S/C15H16BrN3O/c1-8-4-5-14(10(3)18-8)19-15(20)12-6-11(16)7-13(17)9(12)2/h4-7H,17H2,1-3H3,(H,19,20). The van der Waals surface area contributed by atoms with Gasteiger partial charge in [0.2, 0.25) is 0 Å². The third-order valence-electron chi connectivity index (χ3n) is 3.13. The maximum Gasteiger partial charge on any atom is 0.256 e. The zero-order chi connectivity index (χ0) is 14.9. The first-order valence-electron chi connectivity index (χ1n) is 6.19. The minimum absolute atomic E-state index is 0.191. The van der Waals surface area contributed by atoms with Crippen LogP contribution in [-0.2, 0) is 0 Å². The van der Waals surface area contributed by atoms with E-state index in [1.54, 1.807) is 12.1 Å². The van der Waals surface area contributed by atoms with E-state index in [2.05, 4.69) is 26.2 Å². The molecule has 2 aromatic rings. The van der Waals surface area contributed by atoms with Crippen molar-refractivity contribution in [1.29, 1.82) is 0 Å². The minimum Gasteiger partial charge on any atom is -0.398 e. The lowest BCUT2D eigenvalue weighted by atomic mass is 10.1. The highest BCUT2D eigenvalue weighted by Gasteiger charge is 2.13. The maximum atomic E-state index is 12.4. The fraction of sp³-hybridized carbons (Fsp3) is 0.200. The zero-order valence-electron chi connectivity index (χ0n) is 11.6. The van der Waals surface area contributed by atoms with E-state index in [-0.39, 0.29) is 5.91 Å². The number of rotatable bonds is 2. The SMILES string of the molecule is Cc1ccc(NC(=O)c2cc(Br)cc(N)c2C)c(C)n1. The lowest BCUT2D eigenvalue weighted by Gasteiger charge is -2.12. The molecule has 0 aliphatic carbocycles. The molecule has 0 bridgehead atoms.